The highest BCUT2D eigenvalue weighted by Gasteiger charge is 2.25. The standard InChI is InChI=1S/C33H59N5O12/c1-27(2)29(4-5-30(40)34-7-17-48-19-21-50-23-22-49-20-18-47-16-6-28(3)39)38-14-12-36(25-32(43)44)10-8-35(24-31(41)42)9-11-37(13-15-38)26-33(45)46/h29H,1,4-26H2,2-3H3,(H,34,40)(H,41,42)(H,43,44)(H,45,46). The van der Waals surface area contributed by atoms with E-state index < -0.39 is 17.9 Å². The molecule has 17 heteroatoms. The monoisotopic (exact) mass is 717 g/mol. The van der Waals surface area contributed by atoms with E-state index in [1.54, 1.807) is 14.7 Å². The summed E-state index contributed by atoms with van der Waals surface area (Å²) in [6.07, 6.45) is 1.09. The van der Waals surface area contributed by atoms with Gasteiger partial charge in [0.05, 0.1) is 72.5 Å². The van der Waals surface area contributed by atoms with Crippen molar-refractivity contribution in [3.63, 3.8) is 0 Å². The number of ether oxygens (including phenoxy) is 4. The number of hydrogen-bond acceptors (Lipinski definition) is 13. The molecule has 0 bridgehead atoms. The van der Waals surface area contributed by atoms with Gasteiger partial charge >= 0.3 is 17.9 Å². The zero-order valence-corrected chi connectivity index (χ0v) is 29.9. The molecule has 288 valence electrons. The van der Waals surface area contributed by atoms with Gasteiger partial charge in [0.2, 0.25) is 5.91 Å². The number of ketones is 1. The first kappa shape index (κ1) is 45.0. The van der Waals surface area contributed by atoms with Crippen LogP contribution in [0.15, 0.2) is 12.2 Å². The molecule has 1 amide bonds. The maximum atomic E-state index is 12.7. The summed E-state index contributed by atoms with van der Waals surface area (Å²) in [5, 5.41) is 31.2. The lowest BCUT2D eigenvalue weighted by Crippen LogP contribution is -2.50. The van der Waals surface area contributed by atoms with Crippen LogP contribution in [0, 0.1) is 0 Å². The number of aliphatic carboxylic acids is 3. The van der Waals surface area contributed by atoms with E-state index in [-0.39, 0.29) is 43.8 Å². The Hall–Kier alpha value is -3.03. The number of amides is 1. The van der Waals surface area contributed by atoms with Crippen molar-refractivity contribution in [2.45, 2.75) is 39.2 Å². The normalized spacial score (nSPS) is 16.6. The van der Waals surface area contributed by atoms with Crippen molar-refractivity contribution in [3.05, 3.63) is 12.2 Å². The number of carboxylic acids is 3. The molecule has 1 aliphatic heterocycles. The number of rotatable bonds is 26. The molecule has 17 nitrogen and oxygen atoms in total. The first-order valence-electron chi connectivity index (χ1n) is 17.2. The number of carboxylic acid groups (broad SMARTS) is 3. The van der Waals surface area contributed by atoms with Crippen LogP contribution in [0.1, 0.15) is 33.1 Å². The first-order valence-corrected chi connectivity index (χ1v) is 17.2. The predicted molar refractivity (Wildman–Crippen MR) is 183 cm³/mol. The molecule has 1 unspecified atom stereocenters. The van der Waals surface area contributed by atoms with Crippen molar-refractivity contribution < 1.29 is 58.2 Å². The van der Waals surface area contributed by atoms with Crippen molar-refractivity contribution >= 4 is 29.6 Å². The molecule has 0 radical (unpaired) electrons. The second-order valence-electron chi connectivity index (χ2n) is 12.2. The molecule has 1 atom stereocenters. The Kier molecular flexibility index (Phi) is 24.9. The second kappa shape index (κ2) is 27.7. The molecule has 1 saturated heterocycles. The van der Waals surface area contributed by atoms with Crippen LogP contribution in [0.4, 0.5) is 0 Å². The van der Waals surface area contributed by atoms with E-state index in [1.165, 1.54) is 6.92 Å². The Bertz CT molecular complexity index is 1000. The predicted octanol–water partition coefficient (Wildman–Crippen LogP) is -0.652. The fourth-order valence-corrected chi connectivity index (χ4v) is 5.25. The molecule has 1 rings (SSSR count). The average molecular weight is 718 g/mol. The molecule has 0 aromatic rings. The number of nitrogens with zero attached hydrogens (tertiary/aromatic N) is 4. The summed E-state index contributed by atoms with van der Waals surface area (Å²) in [5.74, 6) is -3.04. The number of carbonyl (C=O) groups is 5. The van der Waals surface area contributed by atoms with Crippen molar-refractivity contribution in [1.29, 1.82) is 0 Å². The number of nitrogens with one attached hydrogen (secondary N) is 1. The highest BCUT2D eigenvalue weighted by molar-refractivity contribution is 5.76. The molecule has 0 aliphatic carbocycles. The van der Waals surface area contributed by atoms with Gasteiger partial charge in [0, 0.05) is 77.8 Å². The molecular formula is C33H59N5O12. The summed E-state index contributed by atoms with van der Waals surface area (Å²) in [6, 6.07) is -0.206. The average Bonchev–Trinajstić information content (AvgIpc) is 3.02. The maximum absolute atomic E-state index is 12.7. The molecular weight excluding hydrogens is 658 g/mol. The highest BCUT2D eigenvalue weighted by atomic mass is 16.6. The summed E-state index contributed by atoms with van der Waals surface area (Å²) in [5.41, 5.74) is 0.832. The number of hydrogen-bond donors (Lipinski definition) is 4. The third-order valence-electron chi connectivity index (χ3n) is 7.89. The van der Waals surface area contributed by atoms with Crippen molar-refractivity contribution in [2.75, 3.05) is 131 Å². The van der Waals surface area contributed by atoms with E-state index in [0.717, 1.165) is 5.57 Å². The number of Topliss-reactive ketones (excluding diaryl/α,β-unsaturated/α-hetero) is 1. The third-order valence-corrected chi connectivity index (χ3v) is 7.89. The smallest absolute Gasteiger partial charge is 0.317 e. The summed E-state index contributed by atoms with van der Waals surface area (Å²) in [4.78, 5) is 65.5. The molecule has 0 aromatic heterocycles. The summed E-state index contributed by atoms with van der Waals surface area (Å²) < 4.78 is 21.7. The SMILES string of the molecule is C=C(C)C(CCC(=O)NCCOCCOCCOCCOCCC(C)=O)N1CCN(CC(=O)O)CCN(CC(=O)O)CCN(CC(=O)O)CC1. The Balaban J connectivity index is 2.54. The fraction of sp³-hybridized carbons (Fsp3) is 0.788. The maximum Gasteiger partial charge on any atom is 0.317 e. The molecule has 4 N–H and O–H groups in total. The van der Waals surface area contributed by atoms with Gasteiger partial charge in [-0.3, -0.25) is 43.6 Å². The number of carbonyl (C=O) groups excluding carboxylic acids is 2. The lowest BCUT2D eigenvalue weighted by molar-refractivity contribution is -0.140. The Morgan fingerprint density at radius 2 is 0.980 bits per heavy atom. The third kappa shape index (κ3) is 24.2. The van der Waals surface area contributed by atoms with E-state index in [4.69, 9.17) is 18.9 Å². The van der Waals surface area contributed by atoms with Crippen molar-refractivity contribution in [3.8, 4) is 0 Å². The minimum Gasteiger partial charge on any atom is -0.480 e. The zero-order chi connectivity index (χ0) is 37.1. The summed E-state index contributed by atoms with van der Waals surface area (Å²) in [6.45, 7) is 13.4. The van der Waals surface area contributed by atoms with E-state index in [0.29, 0.717) is 125 Å². The molecule has 1 fully saturated rings. The van der Waals surface area contributed by atoms with Crippen LogP contribution in [0.3, 0.4) is 0 Å². The van der Waals surface area contributed by atoms with Gasteiger partial charge in [-0.25, -0.2) is 0 Å². The van der Waals surface area contributed by atoms with Gasteiger partial charge in [0.1, 0.15) is 5.78 Å². The quantitative estimate of drug-likeness (QED) is 0.0648. The van der Waals surface area contributed by atoms with Crippen molar-refractivity contribution in [2.24, 2.45) is 0 Å². The summed E-state index contributed by atoms with van der Waals surface area (Å²) >= 11 is 0. The molecule has 0 aromatic carbocycles. The van der Waals surface area contributed by atoms with Crippen LogP contribution < -0.4 is 5.32 Å². The Labute approximate surface area is 295 Å². The van der Waals surface area contributed by atoms with E-state index in [1.807, 2.05) is 6.92 Å². The van der Waals surface area contributed by atoms with E-state index in [2.05, 4.69) is 16.8 Å². The van der Waals surface area contributed by atoms with Gasteiger partial charge in [-0.05, 0) is 20.3 Å². The summed E-state index contributed by atoms with van der Waals surface area (Å²) in [7, 11) is 0. The van der Waals surface area contributed by atoms with Crippen LogP contribution in [0.5, 0.6) is 0 Å². The lowest BCUT2D eigenvalue weighted by Gasteiger charge is -2.37. The first-order chi connectivity index (χ1) is 23.9. The van der Waals surface area contributed by atoms with Crippen LogP contribution in [0.2, 0.25) is 0 Å². The van der Waals surface area contributed by atoms with Gasteiger partial charge in [-0.2, -0.15) is 0 Å². The Morgan fingerprint density at radius 3 is 1.36 bits per heavy atom. The molecule has 0 saturated carbocycles. The topological polar surface area (TPSA) is 208 Å². The second-order valence-corrected chi connectivity index (χ2v) is 12.2. The van der Waals surface area contributed by atoms with Crippen LogP contribution >= 0.6 is 0 Å². The minimum atomic E-state index is -1.01. The van der Waals surface area contributed by atoms with Gasteiger partial charge in [0.15, 0.2) is 0 Å². The van der Waals surface area contributed by atoms with Crippen LogP contribution in [-0.4, -0.2) is 202 Å². The van der Waals surface area contributed by atoms with Crippen LogP contribution in [0.25, 0.3) is 0 Å². The molecule has 1 heterocycles. The Morgan fingerprint density at radius 1 is 0.600 bits per heavy atom. The molecule has 1 aliphatic rings. The van der Waals surface area contributed by atoms with Crippen molar-refractivity contribution in [1.82, 2.24) is 24.9 Å². The zero-order valence-electron chi connectivity index (χ0n) is 29.9. The fourth-order valence-electron chi connectivity index (χ4n) is 5.25. The molecule has 0 spiro atoms. The van der Waals surface area contributed by atoms with Gasteiger partial charge < -0.3 is 39.6 Å². The van der Waals surface area contributed by atoms with Gasteiger partial charge in [0.25, 0.3) is 0 Å². The van der Waals surface area contributed by atoms with Crippen LogP contribution in [-0.2, 0) is 42.9 Å². The van der Waals surface area contributed by atoms with Gasteiger partial charge in [-0.15, -0.1) is 0 Å². The van der Waals surface area contributed by atoms with E-state index in [9.17, 15) is 39.3 Å². The molecule has 50 heavy (non-hydrogen) atoms. The van der Waals surface area contributed by atoms with E-state index >= 15 is 0 Å². The minimum absolute atomic E-state index is 0.0912. The lowest BCUT2D eigenvalue weighted by atomic mass is 10.0. The van der Waals surface area contributed by atoms with Gasteiger partial charge in [-0.1, -0.05) is 12.2 Å². The highest BCUT2D eigenvalue weighted by Crippen LogP contribution is 2.16. The largest absolute Gasteiger partial charge is 0.480 e.